The Morgan fingerprint density at radius 3 is 2.09 bits per heavy atom. The second kappa shape index (κ2) is 11.0. The van der Waals surface area contributed by atoms with Gasteiger partial charge in [-0.15, -0.1) is 0 Å². The Morgan fingerprint density at radius 1 is 0.971 bits per heavy atom. The third kappa shape index (κ3) is 5.09. The van der Waals surface area contributed by atoms with Crippen LogP contribution in [0.1, 0.15) is 41.8 Å². The Balaban J connectivity index is 1.91. The van der Waals surface area contributed by atoms with Crippen LogP contribution >= 0.6 is 0 Å². The maximum Gasteiger partial charge on any atom is 0.253 e. The summed E-state index contributed by atoms with van der Waals surface area (Å²) in [5, 5.41) is 14.8. The van der Waals surface area contributed by atoms with Crippen LogP contribution in [-0.4, -0.2) is 41.0 Å². The monoisotopic (exact) mass is 471 g/mol. The fraction of sp³-hybridized carbons (Fsp3) is 0.286. The van der Waals surface area contributed by atoms with Crippen molar-refractivity contribution in [1.82, 2.24) is 15.0 Å². The van der Waals surface area contributed by atoms with Crippen LogP contribution in [0.4, 0.5) is 11.6 Å². The van der Waals surface area contributed by atoms with Gasteiger partial charge in [-0.25, -0.2) is 4.98 Å². The number of hydrogen-bond acceptors (Lipinski definition) is 5. The molecule has 4 rings (SSSR count). The number of carbonyl (C=O) groups excluding carboxylic acids is 1. The van der Waals surface area contributed by atoms with Gasteiger partial charge in [-0.1, -0.05) is 67.6 Å². The Morgan fingerprint density at radius 2 is 1.57 bits per heavy atom. The van der Waals surface area contributed by atoms with Gasteiger partial charge in [0.15, 0.2) is 5.82 Å². The summed E-state index contributed by atoms with van der Waals surface area (Å²) >= 11 is 0. The van der Waals surface area contributed by atoms with E-state index in [9.17, 15) is 10.0 Å². The summed E-state index contributed by atoms with van der Waals surface area (Å²) < 4.78 is 1.20. The number of hydrogen-bond donors (Lipinski definition) is 2. The third-order valence-corrected chi connectivity index (χ3v) is 6.18. The van der Waals surface area contributed by atoms with Gasteiger partial charge in [0.05, 0.1) is 5.56 Å². The minimum atomic E-state index is -0.234. The highest BCUT2D eigenvalue weighted by Gasteiger charge is 2.25. The average molecular weight is 472 g/mol. The molecule has 4 aromatic rings. The zero-order valence-corrected chi connectivity index (χ0v) is 20.6. The van der Waals surface area contributed by atoms with Crippen molar-refractivity contribution in [2.75, 3.05) is 29.9 Å². The van der Waals surface area contributed by atoms with Gasteiger partial charge in [-0.3, -0.25) is 4.79 Å². The maximum atomic E-state index is 12.7. The smallest absolute Gasteiger partial charge is 0.253 e. The molecule has 35 heavy (non-hydrogen) atoms. The molecule has 0 spiro atoms. The number of rotatable bonds is 10. The fourth-order valence-corrected chi connectivity index (χ4v) is 4.45. The molecule has 182 valence electrons. The maximum absolute atomic E-state index is 12.7. The molecule has 0 aliphatic heterocycles. The summed E-state index contributed by atoms with van der Waals surface area (Å²) in [4.78, 5) is 21.7. The van der Waals surface area contributed by atoms with Crippen LogP contribution in [0, 0.1) is 0 Å². The standard InChI is InChI=1S/C28H33N5O2/c1-4-16-31(5-2)25-17-23-24(28(34)29-3)18-30-27(26(23)33(25)35)32(19-21-12-8-6-9-13-21)20-22-14-10-7-11-15-22/h6-15,17-18,35H,4-5,16,19-20H2,1-3H3,(H,29,34). The van der Waals surface area contributed by atoms with Crippen LogP contribution < -0.4 is 15.1 Å². The predicted molar refractivity (Wildman–Crippen MR) is 141 cm³/mol. The molecule has 0 aliphatic carbocycles. The number of carbonyl (C=O) groups is 1. The number of pyridine rings is 1. The molecule has 0 aliphatic rings. The molecule has 0 atom stereocenters. The van der Waals surface area contributed by atoms with Crippen molar-refractivity contribution in [3.63, 3.8) is 0 Å². The highest BCUT2D eigenvalue weighted by atomic mass is 16.5. The largest absolute Gasteiger partial charge is 0.426 e. The Labute approximate surface area is 206 Å². The van der Waals surface area contributed by atoms with Crippen molar-refractivity contribution in [3.05, 3.63) is 89.6 Å². The van der Waals surface area contributed by atoms with Gasteiger partial charge in [-0.2, -0.15) is 4.73 Å². The Kier molecular flexibility index (Phi) is 7.55. The summed E-state index contributed by atoms with van der Waals surface area (Å²) in [6.45, 7) is 6.90. The molecule has 7 heteroatoms. The van der Waals surface area contributed by atoms with Crippen LogP contribution in [-0.2, 0) is 13.1 Å². The van der Waals surface area contributed by atoms with Gasteiger partial charge in [0.1, 0.15) is 11.3 Å². The Hall–Kier alpha value is -4.00. The molecule has 2 aromatic carbocycles. The number of anilines is 2. The van der Waals surface area contributed by atoms with E-state index in [-0.39, 0.29) is 5.91 Å². The van der Waals surface area contributed by atoms with Gasteiger partial charge < -0.3 is 20.3 Å². The second-order valence-electron chi connectivity index (χ2n) is 8.56. The number of nitrogens with one attached hydrogen (secondary N) is 1. The van der Waals surface area contributed by atoms with Crippen LogP contribution in [0.3, 0.4) is 0 Å². The van der Waals surface area contributed by atoms with Crippen molar-refractivity contribution in [3.8, 4) is 0 Å². The lowest BCUT2D eigenvalue weighted by Gasteiger charge is -2.26. The number of aromatic nitrogens is 2. The van der Waals surface area contributed by atoms with Crippen LogP contribution in [0.15, 0.2) is 72.9 Å². The molecule has 0 bridgehead atoms. The van der Waals surface area contributed by atoms with Crippen molar-refractivity contribution in [2.24, 2.45) is 0 Å². The number of amides is 1. The van der Waals surface area contributed by atoms with E-state index in [1.165, 1.54) is 4.73 Å². The lowest BCUT2D eigenvalue weighted by Crippen LogP contribution is -2.26. The molecular formula is C28H33N5O2. The van der Waals surface area contributed by atoms with E-state index < -0.39 is 0 Å². The third-order valence-electron chi connectivity index (χ3n) is 6.18. The minimum Gasteiger partial charge on any atom is -0.426 e. The number of fused-ring (bicyclic) bond motifs is 1. The van der Waals surface area contributed by atoms with Crippen molar-refractivity contribution < 1.29 is 10.0 Å². The van der Waals surface area contributed by atoms with Crippen molar-refractivity contribution in [1.29, 1.82) is 0 Å². The minimum absolute atomic E-state index is 0.234. The van der Waals surface area contributed by atoms with E-state index in [1.54, 1.807) is 13.2 Å². The van der Waals surface area contributed by atoms with Crippen molar-refractivity contribution in [2.45, 2.75) is 33.4 Å². The molecule has 2 heterocycles. The van der Waals surface area contributed by atoms with Gasteiger partial charge in [-0.05, 0) is 30.5 Å². The first-order valence-electron chi connectivity index (χ1n) is 12.1. The second-order valence-corrected chi connectivity index (χ2v) is 8.56. The number of nitrogens with zero attached hydrogens (tertiary/aromatic N) is 4. The van der Waals surface area contributed by atoms with E-state index in [0.29, 0.717) is 41.2 Å². The molecule has 1 amide bonds. The summed E-state index contributed by atoms with van der Waals surface area (Å²) in [7, 11) is 1.60. The summed E-state index contributed by atoms with van der Waals surface area (Å²) in [5.41, 5.74) is 3.23. The summed E-state index contributed by atoms with van der Waals surface area (Å²) in [6, 6.07) is 22.3. The molecular weight excluding hydrogens is 438 g/mol. The van der Waals surface area contributed by atoms with Crippen molar-refractivity contribution >= 4 is 28.4 Å². The SMILES string of the molecule is CCCN(CC)c1cc2c(C(=O)NC)cnc(N(Cc3ccccc3)Cc3ccccc3)c2n1O. The fourth-order valence-electron chi connectivity index (χ4n) is 4.45. The molecule has 2 aromatic heterocycles. The zero-order valence-electron chi connectivity index (χ0n) is 20.6. The molecule has 0 saturated heterocycles. The molecule has 0 radical (unpaired) electrons. The lowest BCUT2D eigenvalue weighted by molar-refractivity contribution is 0.0964. The quantitative estimate of drug-likeness (QED) is 0.316. The van der Waals surface area contributed by atoms with Gasteiger partial charge in [0, 0.05) is 44.8 Å². The molecule has 2 N–H and O–H groups in total. The van der Waals surface area contributed by atoms with E-state index >= 15 is 0 Å². The van der Waals surface area contributed by atoms with E-state index in [0.717, 1.165) is 30.6 Å². The first-order valence-corrected chi connectivity index (χ1v) is 12.1. The Bertz CT molecular complexity index is 1230. The van der Waals surface area contributed by atoms with Crippen LogP contribution in [0.2, 0.25) is 0 Å². The average Bonchev–Trinajstić information content (AvgIpc) is 3.24. The van der Waals surface area contributed by atoms with Gasteiger partial charge in [0.25, 0.3) is 5.91 Å². The summed E-state index contributed by atoms with van der Waals surface area (Å²) in [6.07, 6.45) is 2.55. The topological polar surface area (TPSA) is 73.6 Å². The molecule has 0 fully saturated rings. The van der Waals surface area contributed by atoms with E-state index in [4.69, 9.17) is 4.98 Å². The summed E-state index contributed by atoms with van der Waals surface area (Å²) in [5.74, 6) is 1.05. The highest BCUT2D eigenvalue weighted by Crippen LogP contribution is 2.35. The van der Waals surface area contributed by atoms with Gasteiger partial charge in [0.2, 0.25) is 0 Å². The lowest BCUT2D eigenvalue weighted by atomic mass is 10.1. The predicted octanol–water partition coefficient (Wildman–Crippen LogP) is 5.08. The first kappa shape index (κ1) is 24.1. The first-order chi connectivity index (χ1) is 17.1. The van der Waals surface area contributed by atoms with E-state index in [2.05, 4.69) is 53.2 Å². The molecule has 7 nitrogen and oxygen atoms in total. The van der Waals surface area contributed by atoms with E-state index in [1.807, 2.05) is 42.5 Å². The molecule has 0 unspecified atom stereocenters. The zero-order chi connectivity index (χ0) is 24.8. The van der Waals surface area contributed by atoms with Crippen LogP contribution in [0.25, 0.3) is 10.9 Å². The normalized spacial score (nSPS) is 10.9. The highest BCUT2D eigenvalue weighted by molar-refractivity contribution is 6.09. The van der Waals surface area contributed by atoms with Gasteiger partial charge >= 0.3 is 0 Å². The molecule has 0 saturated carbocycles. The number of benzene rings is 2. The van der Waals surface area contributed by atoms with Crippen LogP contribution in [0.5, 0.6) is 0 Å².